The predicted octanol–water partition coefficient (Wildman–Crippen LogP) is 5.67. The number of hydrogen-bond donors (Lipinski definition) is 4. The first-order chi connectivity index (χ1) is 17.2. The Labute approximate surface area is 213 Å². The van der Waals surface area contributed by atoms with Crippen molar-refractivity contribution in [3.05, 3.63) is 93.8 Å². The molecule has 0 heterocycles. The van der Waals surface area contributed by atoms with Gasteiger partial charge in [-0.15, -0.1) is 0 Å². The number of carbonyl (C=O) groups is 3. The minimum Gasteiger partial charge on any atom is -0.480 e. The van der Waals surface area contributed by atoms with Gasteiger partial charge in [-0.3, -0.25) is 4.79 Å². The molecule has 7 nitrogen and oxygen atoms in total. The van der Waals surface area contributed by atoms with E-state index >= 15 is 0 Å². The Balaban J connectivity index is 1.81. The fourth-order valence-corrected chi connectivity index (χ4v) is 3.98. The average molecular weight is 512 g/mol. The highest BCUT2D eigenvalue weighted by Gasteiger charge is 2.24. The van der Waals surface area contributed by atoms with E-state index in [4.69, 9.17) is 11.6 Å². The van der Waals surface area contributed by atoms with E-state index in [1.165, 1.54) is 36.4 Å². The van der Waals surface area contributed by atoms with Crippen LogP contribution in [0.3, 0.4) is 0 Å². The summed E-state index contributed by atoms with van der Waals surface area (Å²) in [5.41, 5.74) is 2.88. The van der Waals surface area contributed by atoms with Gasteiger partial charge in [0, 0.05) is 17.1 Å². The highest BCUT2D eigenvalue weighted by atomic mass is 35.5. The van der Waals surface area contributed by atoms with Crippen molar-refractivity contribution in [2.75, 3.05) is 10.6 Å². The molecule has 9 heteroatoms. The molecule has 0 fully saturated rings. The zero-order chi connectivity index (χ0) is 26.2. The lowest BCUT2D eigenvalue weighted by molar-refractivity contribution is -0.139. The maximum atomic E-state index is 14.0. The minimum atomic E-state index is -1.39. The van der Waals surface area contributed by atoms with Crippen LogP contribution < -0.4 is 16.0 Å². The Morgan fingerprint density at radius 1 is 0.917 bits per heavy atom. The molecule has 0 saturated heterocycles. The van der Waals surface area contributed by atoms with Crippen molar-refractivity contribution in [2.45, 2.75) is 39.2 Å². The molecule has 0 aromatic heterocycles. The number of aryl methyl sites for hydroxylation is 2. The summed E-state index contributed by atoms with van der Waals surface area (Å²) < 4.78 is 14.0. The minimum absolute atomic E-state index is 0.00817. The largest absolute Gasteiger partial charge is 0.480 e. The quantitative estimate of drug-likeness (QED) is 0.296. The summed E-state index contributed by atoms with van der Waals surface area (Å²) in [6, 6.07) is 13.8. The second-order valence-corrected chi connectivity index (χ2v) is 8.52. The van der Waals surface area contributed by atoms with Gasteiger partial charge in [0.25, 0.3) is 5.91 Å². The van der Waals surface area contributed by atoms with Gasteiger partial charge in [-0.2, -0.15) is 0 Å². The number of anilines is 2. The number of urea groups is 1. The molecule has 36 heavy (non-hydrogen) atoms. The molecular weight excluding hydrogens is 485 g/mol. The Hall–Kier alpha value is -3.91. The summed E-state index contributed by atoms with van der Waals surface area (Å²) in [5, 5.41) is 17.8. The van der Waals surface area contributed by atoms with E-state index in [1.807, 2.05) is 32.0 Å². The lowest BCUT2D eigenvalue weighted by Crippen LogP contribution is -2.42. The van der Waals surface area contributed by atoms with Gasteiger partial charge in [-0.05, 0) is 53.8 Å². The molecule has 0 unspecified atom stereocenters. The standard InChI is InChI=1S/C27H27ClFN3O4/c1-3-16-9-7-10-17(4-2)24(16)32-27(36)31-22-15-19(28)12-13-20(22)25(33)30-23(26(34)35)14-18-8-5-6-11-21(18)29/h5-13,15,23H,3-4,14H2,1-2H3,(H,30,33)(H,34,35)(H2,31,32,36)/t23-/m1/s1. The van der Waals surface area contributed by atoms with E-state index in [2.05, 4.69) is 16.0 Å². The van der Waals surface area contributed by atoms with Gasteiger partial charge in [0.15, 0.2) is 0 Å². The van der Waals surface area contributed by atoms with E-state index in [1.54, 1.807) is 6.07 Å². The van der Waals surface area contributed by atoms with Crippen LogP contribution >= 0.6 is 11.6 Å². The monoisotopic (exact) mass is 511 g/mol. The first kappa shape index (κ1) is 26.7. The van der Waals surface area contributed by atoms with Crippen molar-refractivity contribution in [1.82, 2.24) is 5.32 Å². The number of aliphatic carboxylic acids is 1. The third-order valence-corrected chi connectivity index (χ3v) is 5.93. The van der Waals surface area contributed by atoms with Crippen molar-refractivity contribution in [2.24, 2.45) is 0 Å². The van der Waals surface area contributed by atoms with E-state index in [0.29, 0.717) is 18.5 Å². The van der Waals surface area contributed by atoms with Crippen molar-refractivity contribution < 1.29 is 23.9 Å². The number of carbonyl (C=O) groups excluding carboxylic acids is 2. The van der Waals surface area contributed by atoms with Crippen LogP contribution in [0, 0.1) is 5.82 Å². The first-order valence-corrected chi connectivity index (χ1v) is 11.9. The molecule has 3 aromatic rings. The zero-order valence-electron chi connectivity index (χ0n) is 19.9. The molecule has 0 aliphatic carbocycles. The Bertz CT molecular complexity index is 1260. The summed E-state index contributed by atoms with van der Waals surface area (Å²) >= 11 is 6.10. The highest BCUT2D eigenvalue weighted by molar-refractivity contribution is 6.31. The molecule has 4 N–H and O–H groups in total. The van der Waals surface area contributed by atoms with Gasteiger partial charge < -0.3 is 21.1 Å². The SMILES string of the molecule is CCc1cccc(CC)c1NC(=O)Nc1cc(Cl)ccc1C(=O)N[C@H](Cc1ccccc1F)C(=O)O. The van der Waals surface area contributed by atoms with Crippen LogP contribution in [-0.2, 0) is 24.1 Å². The number of amides is 3. The van der Waals surface area contributed by atoms with Gasteiger partial charge >= 0.3 is 12.0 Å². The molecule has 0 radical (unpaired) electrons. The Morgan fingerprint density at radius 3 is 2.17 bits per heavy atom. The van der Waals surface area contributed by atoms with Crippen LogP contribution in [0.25, 0.3) is 0 Å². The van der Waals surface area contributed by atoms with Crippen molar-refractivity contribution in [3.63, 3.8) is 0 Å². The van der Waals surface area contributed by atoms with E-state index < -0.39 is 29.8 Å². The van der Waals surface area contributed by atoms with Crippen molar-refractivity contribution >= 4 is 40.9 Å². The third kappa shape index (κ3) is 6.60. The molecule has 3 aromatic carbocycles. The fraction of sp³-hybridized carbons (Fsp3) is 0.222. The molecule has 188 valence electrons. The highest BCUT2D eigenvalue weighted by Crippen LogP contribution is 2.25. The smallest absolute Gasteiger partial charge is 0.326 e. The molecule has 0 aliphatic rings. The summed E-state index contributed by atoms with van der Waals surface area (Å²) in [6.45, 7) is 3.97. The molecule has 0 aliphatic heterocycles. The molecule has 0 bridgehead atoms. The number of hydrogen-bond acceptors (Lipinski definition) is 3. The van der Waals surface area contributed by atoms with Crippen LogP contribution in [-0.4, -0.2) is 29.1 Å². The third-order valence-electron chi connectivity index (χ3n) is 5.70. The van der Waals surface area contributed by atoms with Crippen LogP contribution in [0.5, 0.6) is 0 Å². The molecule has 0 saturated carbocycles. The number of carboxylic acid groups (broad SMARTS) is 1. The number of rotatable bonds is 9. The van der Waals surface area contributed by atoms with Crippen LogP contribution in [0.4, 0.5) is 20.6 Å². The normalized spacial score (nSPS) is 11.4. The van der Waals surface area contributed by atoms with Crippen LogP contribution in [0.1, 0.15) is 40.9 Å². The number of benzene rings is 3. The molecule has 3 amide bonds. The second kappa shape index (κ2) is 12.2. The summed E-state index contributed by atoms with van der Waals surface area (Å²) in [6.07, 6.45) is 1.18. The Kier molecular flexibility index (Phi) is 9.02. The average Bonchev–Trinajstić information content (AvgIpc) is 2.84. The molecule has 0 spiro atoms. The molecular formula is C27H27ClFN3O4. The van der Waals surface area contributed by atoms with Gasteiger partial charge in [0.05, 0.1) is 11.3 Å². The lowest BCUT2D eigenvalue weighted by Gasteiger charge is -2.18. The topological polar surface area (TPSA) is 108 Å². The van der Waals surface area contributed by atoms with E-state index in [-0.39, 0.29) is 28.3 Å². The van der Waals surface area contributed by atoms with Gasteiger partial charge in [0.1, 0.15) is 11.9 Å². The summed E-state index contributed by atoms with van der Waals surface area (Å²) in [4.78, 5) is 37.7. The van der Waals surface area contributed by atoms with E-state index in [9.17, 15) is 23.9 Å². The summed E-state index contributed by atoms with van der Waals surface area (Å²) in [7, 11) is 0. The van der Waals surface area contributed by atoms with Crippen molar-refractivity contribution in [1.29, 1.82) is 0 Å². The second-order valence-electron chi connectivity index (χ2n) is 8.09. The van der Waals surface area contributed by atoms with Gasteiger partial charge in [-0.1, -0.05) is 61.8 Å². The van der Waals surface area contributed by atoms with Crippen LogP contribution in [0.2, 0.25) is 5.02 Å². The van der Waals surface area contributed by atoms with Gasteiger partial charge in [0.2, 0.25) is 0 Å². The fourth-order valence-electron chi connectivity index (χ4n) is 3.81. The summed E-state index contributed by atoms with van der Waals surface area (Å²) in [5.74, 6) is -2.65. The number of nitrogens with one attached hydrogen (secondary N) is 3. The first-order valence-electron chi connectivity index (χ1n) is 11.5. The number of halogens is 2. The van der Waals surface area contributed by atoms with Crippen molar-refractivity contribution in [3.8, 4) is 0 Å². The number of carboxylic acids is 1. The predicted molar refractivity (Wildman–Crippen MR) is 138 cm³/mol. The number of para-hydroxylation sites is 1. The van der Waals surface area contributed by atoms with Crippen LogP contribution in [0.15, 0.2) is 60.7 Å². The lowest BCUT2D eigenvalue weighted by atomic mass is 10.0. The molecule has 3 rings (SSSR count). The maximum absolute atomic E-state index is 14.0. The zero-order valence-corrected chi connectivity index (χ0v) is 20.7. The van der Waals surface area contributed by atoms with E-state index in [0.717, 1.165) is 11.1 Å². The Morgan fingerprint density at radius 2 is 1.56 bits per heavy atom. The maximum Gasteiger partial charge on any atom is 0.326 e. The molecule has 1 atom stereocenters. The van der Waals surface area contributed by atoms with Gasteiger partial charge in [-0.25, -0.2) is 14.0 Å².